The molecule has 6 heteroatoms. The van der Waals surface area contributed by atoms with Crippen molar-refractivity contribution in [2.45, 2.75) is 95.1 Å². The van der Waals surface area contributed by atoms with Crippen LogP contribution in [0.25, 0.3) is 0 Å². The van der Waals surface area contributed by atoms with Crippen LogP contribution in [0.4, 0.5) is 0 Å². The molecule has 0 amide bonds. The Hall–Kier alpha value is -0.690. The molecule has 0 aromatic carbocycles. The lowest BCUT2D eigenvalue weighted by molar-refractivity contribution is -0.157. The molecule has 2 saturated heterocycles. The second kappa shape index (κ2) is 5.15. The van der Waals surface area contributed by atoms with Crippen LogP contribution in [0.3, 0.4) is 0 Å². The number of rotatable bonds is 2. The first-order valence-electron chi connectivity index (χ1n) is 8.40. The maximum atomic E-state index is 11.6. The molecule has 0 aromatic rings. The first kappa shape index (κ1) is 17.1. The topological polar surface area (TPSA) is 91.8 Å². The van der Waals surface area contributed by atoms with Gasteiger partial charge in [-0.1, -0.05) is 0 Å². The van der Waals surface area contributed by atoms with Crippen molar-refractivity contribution in [3.8, 4) is 0 Å². The van der Waals surface area contributed by atoms with Crippen LogP contribution in [-0.4, -0.2) is 57.4 Å². The van der Waals surface area contributed by atoms with Crippen molar-refractivity contribution in [1.29, 1.82) is 0 Å². The number of epoxide rings is 2. The Morgan fingerprint density at radius 2 is 1.83 bits per heavy atom. The predicted octanol–water partition coefficient (Wildman–Crippen LogP) is 1.16. The summed E-state index contributed by atoms with van der Waals surface area (Å²) in [5.74, 6) is -0.637. The number of aliphatic hydroxyl groups excluding tert-OH is 1. The first-order chi connectivity index (χ1) is 10.5. The lowest BCUT2D eigenvalue weighted by Gasteiger charge is -2.36. The molecule has 1 saturated carbocycles. The standard InChI is InChI=1S/C17H28O6/c1-9(18)21-12-10(15(2,3)20)6-7-16(4)13(22-16)11(19)8-17(5)14(12)23-17/h10-14,19-20H,6-8H2,1-5H3/t10-,11-,12-,13-,14+,16-,17+/m1/s1. The normalized spacial score (nSPS) is 49.6. The molecule has 6 nitrogen and oxygen atoms in total. The van der Waals surface area contributed by atoms with Crippen LogP contribution in [0, 0.1) is 5.92 Å². The molecular weight excluding hydrogens is 300 g/mol. The molecule has 2 heterocycles. The zero-order chi connectivity index (χ0) is 17.2. The largest absolute Gasteiger partial charge is 0.459 e. The fourth-order valence-corrected chi connectivity index (χ4v) is 4.21. The summed E-state index contributed by atoms with van der Waals surface area (Å²) in [6.45, 7) is 8.75. The average molecular weight is 328 g/mol. The van der Waals surface area contributed by atoms with E-state index in [1.165, 1.54) is 6.92 Å². The van der Waals surface area contributed by atoms with Crippen molar-refractivity contribution in [2.24, 2.45) is 5.92 Å². The first-order valence-corrected chi connectivity index (χ1v) is 8.40. The van der Waals surface area contributed by atoms with E-state index in [1.807, 2.05) is 13.8 Å². The van der Waals surface area contributed by atoms with E-state index in [0.717, 1.165) is 0 Å². The Bertz CT molecular complexity index is 500. The van der Waals surface area contributed by atoms with Gasteiger partial charge in [0.05, 0.1) is 22.9 Å². The van der Waals surface area contributed by atoms with Crippen molar-refractivity contribution >= 4 is 5.97 Å². The molecule has 1 aliphatic carbocycles. The summed E-state index contributed by atoms with van der Waals surface area (Å²) in [5, 5.41) is 21.0. The minimum absolute atomic E-state index is 0.183. The summed E-state index contributed by atoms with van der Waals surface area (Å²) < 4.78 is 17.1. The van der Waals surface area contributed by atoms with E-state index in [1.54, 1.807) is 13.8 Å². The number of esters is 1. The van der Waals surface area contributed by atoms with Gasteiger partial charge in [-0.05, 0) is 40.5 Å². The summed E-state index contributed by atoms with van der Waals surface area (Å²) >= 11 is 0. The van der Waals surface area contributed by atoms with E-state index in [-0.39, 0.29) is 29.7 Å². The lowest BCUT2D eigenvalue weighted by atomic mass is 9.75. The Labute approximate surface area is 137 Å². The Balaban J connectivity index is 1.90. The minimum Gasteiger partial charge on any atom is -0.459 e. The average Bonchev–Trinajstić information content (AvgIpc) is 3.22. The molecule has 132 valence electrons. The zero-order valence-corrected chi connectivity index (χ0v) is 14.5. The van der Waals surface area contributed by atoms with Crippen LogP contribution in [0.15, 0.2) is 0 Å². The highest BCUT2D eigenvalue weighted by Gasteiger charge is 2.66. The van der Waals surface area contributed by atoms with Gasteiger partial charge in [0.2, 0.25) is 0 Å². The third-order valence-corrected chi connectivity index (χ3v) is 5.70. The number of fused-ring (bicyclic) bond motifs is 2. The molecule has 0 unspecified atom stereocenters. The third kappa shape index (κ3) is 3.14. The smallest absolute Gasteiger partial charge is 0.303 e. The molecule has 0 aromatic heterocycles. The Morgan fingerprint density at radius 3 is 2.39 bits per heavy atom. The fraction of sp³-hybridized carbons (Fsp3) is 0.941. The van der Waals surface area contributed by atoms with Gasteiger partial charge in [0.15, 0.2) is 0 Å². The number of carbonyl (C=O) groups is 1. The van der Waals surface area contributed by atoms with Gasteiger partial charge in [0.1, 0.15) is 18.3 Å². The van der Waals surface area contributed by atoms with Gasteiger partial charge in [-0.2, -0.15) is 0 Å². The number of hydrogen-bond acceptors (Lipinski definition) is 6. The van der Waals surface area contributed by atoms with Crippen LogP contribution < -0.4 is 0 Å². The molecule has 2 aliphatic heterocycles. The number of hydrogen-bond donors (Lipinski definition) is 2. The fourth-order valence-electron chi connectivity index (χ4n) is 4.21. The van der Waals surface area contributed by atoms with Gasteiger partial charge in [-0.25, -0.2) is 0 Å². The SMILES string of the molecule is CC(=O)O[C@@H]1[C@H](C(C)(C)O)CC[C@@]2(C)O[C@@H]2[C@H](O)C[C@]2(C)O[C@@H]12. The minimum atomic E-state index is -1.01. The number of aliphatic hydroxyl groups is 2. The maximum absolute atomic E-state index is 11.6. The summed E-state index contributed by atoms with van der Waals surface area (Å²) in [6, 6.07) is 0. The van der Waals surface area contributed by atoms with Gasteiger partial charge < -0.3 is 24.4 Å². The molecule has 0 spiro atoms. The molecule has 3 fully saturated rings. The quantitative estimate of drug-likeness (QED) is 0.584. The van der Waals surface area contributed by atoms with Gasteiger partial charge in [0.25, 0.3) is 0 Å². The van der Waals surface area contributed by atoms with Gasteiger partial charge >= 0.3 is 5.97 Å². The molecule has 2 N–H and O–H groups in total. The Kier molecular flexibility index (Phi) is 3.84. The molecular formula is C17H28O6. The van der Waals surface area contributed by atoms with E-state index in [2.05, 4.69) is 0 Å². The van der Waals surface area contributed by atoms with Gasteiger partial charge in [-0.15, -0.1) is 0 Å². The van der Waals surface area contributed by atoms with Gasteiger partial charge in [0, 0.05) is 19.3 Å². The van der Waals surface area contributed by atoms with E-state index in [4.69, 9.17) is 14.2 Å². The lowest BCUT2D eigenvalue weighted by Crippen LogP contribution is -2.47. The maximum Gasteiger partial charge on any atom is 0.303 e. The van der Waals surface area contributed by atoms with E-state index in [9.17, 15) is 15.0 Å². The highest BCUT2D eigenvalue weighted by atomic mass is 16.7. The number of ether oxygens (including phenoxy) is 3. The van der Waals surface area contributed by atoms with E-state index < -0.39 is 23.4 Å². The monoisotopic (exact) mass is 328 g/mol. The van der Waals surface area contributed by atoms with E-state index >= 15 is 0 Å². The van der Waals surface area contributed by atoms with Crippen LogP contribution >= 0.6 is 0 Å². The predicted molar refractivity (Wildman–Crippen MR) is 81.8 cm³/mol. The summed E-state index contributed by atoms with van der Waals surface area (Å²) in [6.07, 6.45) is 0.170. The molecule has 23 heavy (non-hydrogen) atoms. The third-order valence-electron chi connectivity index (χ3n) is 5.70. The highest BCUT2D eigenvalue weighted by Crippen LogP contribution is 2.53. The highest BCUT2D eigenvalue weighted by molar-refractivity contribution is 5.66. The summed E-state index contributed by atoms with van der Waals surface area (Å²) in [5.41, 5.74) is -1.93. The van der Waals surface area contributed by atoms with E-state index in [0.29, 0.717) is 19.3 Å². The molecule has 0 radical (unpaired) electrons. The van der Waals surface area contributed by atoms with Crippen molar-refractivity contribution < 1.29 is 29.2 Å². The molecule has 3 aliphatic rings. The van der Waals surface area contributed by atoms with Crippen molar-refractivity contribution in [1.82, 2.24) is 0 Å². The zero-order valence-electron chi connectivity index (χ0n) is 14.5. The van der Waals surface area contributed by atoms with Crippen LogP contribution in [-0.2, 0) is 19.0 Å². The van der Waals surface area contributed by atoms with Gasteiger partial charge in [-0.3, -0.25) is 4.79 Å². The Morgan fingerprint density at radius 1 is 1.22 bits per heavy atom. The second-order valence-corrected chi connectivity index (χ2v) is 8.35. The van der Waals surface area contributed by atoms with Crippen LogP contribution in [0.5, 0.6) is 0 Å². The van der Waals surface area contributed by atoms with Crippen molar-refractivity contribution in [3.63, 3.8) is 0 Å². The van der Waals surface area contributed by atoms with Crippen LogP contribution in [0.1, 0.15) is 53.9 Å². The molecule has 0 bridgehead atoms. The van der Waals surface area contributed by atoms with Crippen molar-refractivity contribution in [3.05, 3.63) is 0 Å². The molecule has 7 atom stereocenters. The van der Waals surface area contributed by atoms with Crippen LogP contribution in [0.2, 0.25) is 0 Å². The number of carbonyl (C=O) groups excluding carboxylic acids is 1. The second-order valence-electron chi connectivity index (χ2n) is 8.35. The van der Waals surface area contributed by atoms with Crippen molar-refractivity contribution in [2.75, 3.05) is 0 Å². The summed E-state index contributed by atoms with van der Waals surface area (Å²) in [7, 11) is 0. The molecule has 3 rings (SSSR count). The summed E-state index contributed by atoms with van der Waals surface area (Å²) in [4.78, 5) is 11.6.